The topological polar surface area (TPSA) is 60.5 Å². The number of amides is 1. The molecule has 166 valence electrons. The smallest absolute Gasteiger partial charge is 0.250 e. The van der Waals surface area contributed by atoms with Crippen LogP contribution in [0.25, 0.3) is 12.2 Å². The van der Waals surface area contributed by atoms with Gasteiger partial charge in [-0.05, 0) is 69.8 Å². The Bertz CT molecular complexity index is 1000. The summed E-state index contributed by atoms with van der Waals surface area (Å²) in [5.41, 5.74) is 7.50. The van der Waals surface area contributed by atoms with Gasteiger partial charge in [-0.25, -0.2) is 0 Å². The van der Waals surface area contributed by atoms with E-state index >= 15 is 0 Å². The number of likely N-dealkylation sites (tertiary alicyclic amines) is 1. The lowest BCUT2D eigenvalue weighted by Crippen LogP contribution is -2.36. The molecule has 1 aliphatic carbocycles. The molecule has 1 saturated heterocycles. The molecule has 0 atom stereocenters. The zero-order chi connectivity index (χ0) is 22.2. The molecular formula is C26H35N3O2. The number of piperidine rings is 1. The van der Waals surface area contributed by atoms with Crippen molar-refractivity contribution in [2.24, 2.45) is 11.7 Å². The number of primary amides is 1. The Labute approximate surface area is 185 Å². The van der Waals surface area contributed by atoms with E-state index in [-0.39, 0.29) is 5.91 Å². The molecule has 1 fully saturated rings. The SMILES string of the molecule is C=C/C=C(OC)\C(=C/C)C1CCN(CCCn2cc(C(N)=O)c3c2=CCC=CC=3)CC1. The number of rotatable bonds is 9. The molecule has 5 nitrogen and oxygen atoms in total. The van der Waals surface area contributed by atoms with Gasteiger partial charge < -0.3 is 19.9 Å². The number of allylic oxidation sites excluding steroid dienone is 6. The maximum atomic E-state index is 11.9. The van der Waals surface area contributed by atoms with Gasteiger partial charge in [0.15, 0.2) is 0 Å². The molecule has 0 bridgehead atoms. The minimum absolute atomic E-state index is 0.363. The maximum Gasteiger partial charge on any atom is 0.250 e. The first-order chi connectivity index (χ1) is 15.1. The second-order valence-electron chi connectivity index (χ2n) is 8.12. The number of fused-ring (bicyclic) bond motifs is 1. The molecule has 31 heavy (non-hydrogen) atoms. The van der Waals surface area contributed by atoms with Crippen LogP contribution in [0.5, 0.6) is 0 Å². The summed E-state index contributed by atoms with van der Waals surface area (Å²) in [6.07, 6.45) is 20.3. The van der Waals surface area contributed by atoms with Gasteiger partial charge in [-0.15, -0.1) is 0 Å². The van der Waals surface area contributed by atoms with E-state index in [1.165, 1.54) is 5.57 Å². The zero-order valence-corrected chi connectivity index (χ0v) is 18.8. The number of hydrogen-bond acceptors (Lipinski definition) is 3. The van der Waals surface area contributed by atoms with Crippen LogP contribution in [-0.2, 0) is 11.3 Å². The van der Waals surface area contributed by atoms with E-state index in [2.05, 4.69) is 41.2 Å². The lowest BCUT2D eigenvalue weighted by molar-refractivity contribution is 0.0999. The minimum atomic E-state index is -0.363. The number of aromatic nitrogens is 1. The van der Waals surface area contributed by atoms with Crippen molar-refractivity contribution in [2.45, 2.75) is 39.2 Å². The van der Waals surface area contributed by atoms with E-state index in [0.717, 1.165) is 68.2 Å². The van der Waals surface area contributed by atoms with Crippen LogP contribution < -0.4 is 16.3 Å². The van der Waals surface area contributed by atoms with Crippen LogP contribution in [0.1, 0.15) is 43.0 Å². The van der Waals surface area contributed by atoms with E-state index in [4.69, 9.17) is 10.5 Å². The summed E-state index contributed by atoms with van der Waals surface area (Å²) in [5, 5.41) is 2.05. The Balaban J connectivity index is 1.57. The number of nitrogens with two attached hydrogens (primary N) is 1. The summed E-state index contributed by atoms with van der Waals surface area (Å²) in [4.78, 5) is 14.4. The molecule has 0 spiro atoms. The fourth-order valence-electron chi connectivity index (χ4n) is 4.69. The van der Waals surface area contributed by atoms with Crippen LogP contribution in [0.15, 0.2) is 54.5 Å². The van der Waals surface area contributed by atoms with Gasteiger partial charge >= 0.3 is 0 Å². The third kappa shape index (κ3) is 5.47. The van der Waals surface area contributed by atoms with Crippen LogP contribution in [0.4, 0.5) is 0 Å². The molecule has 5 heteroatoms. The van der Waals surface area contributed by atoms with Gasteiger partial charge in [0.1, 0.15) is 5.76 Å². The highest BCUT2D eigenvalue weighted by atomic mass is 16.5. The Hall–Kier alpha value is -2.79. The average molecular weight is 422 g/mol. The van der Waals surface area contributed by atoms with Gasteiger partial charge in [-0.2, -0.15) is 0 Å². The lowest BCUT2D eigenvalue weighted by atomic mass is 9.87. The van der Waals surface area contributed by atoms with E-state index in [9.17, 15) is 4.79 Å². The highest BCUT2D eigenvalue weighted by molar-refractivity contribution is 5.93. The predicted octanol–water partition coefficient (Wildman–Crippen LogP) is 2.87. The van der Waals surface area contributed by atoms with Crippen molar-refractivity contribution in [3.8, 4) is 0 Å². The molecule has 1 aliphatic heterocycles. The largest absolute Gasteiger partial charge is 0.496 e. The van der Waals surface area contributed by atoms with Crippen LogP contribution in [0.2, 0.25) is 0 Å². The number of nitrogens with zero attached hydrogens (tertiary/aromatic N) is 2. The number of hydrogen-bond donors (Lipinski definition) is 1. The average Bonchev–Trinajstić information content (AvgIpc) is 2.95. The highest BCUT2D eigenvalue weighted by Gasteiger charge is 2.24. The molecule has 0 saturated carbocycles. The van der Waals surface area contributed by atoms with Gasteiger partial charge in [0, 0.05) is 23.3 Å². The third-order valence-electron chi connectivity index (χ3n) is 6.26. The first-order valence-electron chi connectivity index (χ1n) is 11.2. The number of carbonyl (C=O) groups is 1. The van der Waals surface area contributed by atoms with Gasteiger partial charge in [-0.1, -0.05) is 43.0 Å². The molecule has 0 aromatic carbocycles. The summed E-state index contributed by atoms with van der Waals surface area (Å²) >= 11 is 0. The number of ether oxygens (including phenoxy) is 1. The number of carbonyl (C=O) groups excluding carboxylic acids is 1. The molecule has 1 aromatic rings. The van der Waals surface area contributed by atoms with Crippen molar-refractivity contribution in [3.63, 3.8) is 0 Å². The fourth-order valence-corrected chi connectivity index (χ4v) is 4.69. The molecule has 2 heterocycles. The predicted molar refractivity (Wildman–Crippen MR) is 128 cm³/mol. The summed E-state index contributed by atoms with van der Waals surface area (Å²) in [6.45, 7) is 10.0. The van der Waals surface area contributed by atoms with Crippen LogP contribution in [0, 0.1) is 5.92 Å². The normalized spacial score (nSPS) is 18.0. The molecule has 0 unspecified atom stereocenters. The highest BCUT2D eigenvalue weighted by Crippen LogP contribution is 2.30. The monoisotopic (exact) mass is 421 g/mol. The Morgan fingerprint density at radius 2 is 2.10 bits per heavy atom. The molecule has 2 aliphatic rings. The summed E-state index contributed by atoms with van der Waals surface area (Å²) < 4.78 is 7.76. The van der Waals surface area contributed by atoms with Crippen molar-refractivity contribution >= 4 is 18.1 Å². The molecule has 1 amide bonds. The van der Waals surface area contributed by atoms with Crippen molar-refractivity contribution in [1.29, 1.82) is 0 Å². The fraction of sp³-hybridized carbons (Fsp3) is 0.423. The molecular weight excluding hydrogens is 386 g/mol. The van der Waals surface area contributed by atoms with E-state index in [1.807, 2.05) is 24.4 Å². The Kier molecular flexibility index (Phi) is 8.13. The first-order valence-corrected chi connectivity index (χ1v) is 11.2. The molecule has 3 rings (SSSR count). The van der Waals surface area contributed by atoms with Crippen LogP contribution >= 0.6 is 0 Å². The molecule has 0 radical (unpaired) electrons. The number of methoxy groups -OCH3 is 1. The quantitative estimate of drug-likeness (QED) is 0.493. The Morgan fingerprint density at radius 1 is 1.32 bits per heavy atom. The van der Waals surface area contributed by atoms with Crippen molar-refractivity contribution in [3.05, 3.63) is 70.6 Å². The second kappa shape index (κ2) is 11.0. The van der Waals surface area contributed by atoms with Gasteiger partial charge in [0.25, 0.3) is 5.91 Å². The summed E-state index contributed by atoms with van der Waals surface area (Å²) in [6, 6.07) is 0. The van der Waals surface area contributed by atoms with Gasteiger partial charge in [0.2, 0.25) is 0 Å². The Morgan fingerprint density at radius 3 is 2.74 bits per heavy atom. The summed E-state index contributed by atoms with van der Waals surface area (Å²) in [5.74, 6) is 1.10. The van der Waals surface area contributed by atoms with Crippen LogP contribution in [0.3, 0.4) is 0 Å². The third-order valence-corrected chi connectivity index (χ3v) is 6.26. The van der Waals surface area contributed by atoms with Gasteiger partial charge in [-0.3, -0.25) is 4.79 Å². The van der Waals surface area contributed by atoms with Crippen LogP contribution in [-0.4, -0.2) is 42.1 Å². The first kappa shape index (κ1) is 22.9. The minimum Gasteiger partial charge on any atom is -0.496 e. The van der Waals surface area contributed by atoms with E-state index in [0.29, 0.717) is 11.5 Å². The van der Waals surface area contributed by atoms with E-state index < -0.39 is 0 Å². The number of aryl methyl sites for hydroxylation is 1. The van der Waals surface area contributed by atoms with E-state index in [1.54, 1.807) is 13.2 Å². The molecule has 2 N–H and O–H groups in total. The summed E-state index contributed by atoms with van der Waals surface area (Å²) in [7, 11) is 1.73. The molecule has 1 aromatic heterocycles. The van der Waals surface area contributed by atoms with Gasteiger partial charge in [0.05, 0.1) is 12.7 Å². The maximum absolute atomic E-state index is 11.9. The standard InChI is InChI=1S/C26H35N3O2/c1-4-10-25(31-3)21(5-2)20-13-17-28(18-14-20)15-9-16-29-19-23(26(27)30)22-11-7-6-8-12-24(22)29/h4-7,10-12,19-20H,1,8-9,13-18H2,2-3H3,(H2,27,30)/b21-5-,25-10+. The lowest BCUT2D eigenvalue weighted by Gasteiger charge is -2.33. The zero-order valence-electron chi connectivity index (χ0n) is 18.8. The van der Waals surface area contributed by atoms with Crippen molar-refractivity contribution in [1.82, 2.24) is 9.47 Å². The van der Waals surface area contributed by atoms with Crippen molar-refractivity contribution < 1.29 is 9.53 Å². The second-order valence-corrected chi connectivity index (χ2v) is 8.12. The van der Waals surface area contributed by atoms with Crippen molar-refractivity contribution in [2.75, 3.05) is 26.7 Å².